The summed E-state index contributed by atoms with van der Waals surface area (Å²) in [6.07, 6.45) is 3.30. The molecule has 0 spiro atoms. The Labute approximate surface area is 148 Å². The van der Waals surface area contributed by atoms with E-state index in [0.29, 0.717) is 11.6 Å². The van der Waals surface area contributed by atoms with Gasteiger partial charge < -0.3 is 14.3 Å². The van der Waals surface area contributed by atoms with Crippen LogP contribution in [0.1, 0.15) is 66.7 Å². The molecule has 4 rings (SSSR count). The summed E-state index contributed by atoms with van der Waals surface area (Å²) < 4.78 is 5.51. The highest BCUT2D eigenvalue weighted by Gasteiger charge is 2.31. The molecule has 25 heavy (non-hydrogen) atoms. The zero-order valence-corrected chi connectivity index (χ0v) is 15.3. The lowest BCUT2D eigenvalue weighted by molar-refractivity contribution is 0.0764. The highest BCUT2D eigenvalue weighted by atomic mass is 16.5. The van der Waals surface area contributed by atoms with E-state index in [-0.39, 0.29) is 11.8 Å². The van der Waals surface area contributed by atoms with E-state index in [0.717, 1.165) is 67.8 Å². The van der Waals surface area contributed by atoms with Gasteiger partial charge >= 0.3 is 0 Å². The molecule has 2 fully saturated rings. The number of hydrogen-bond donors (Lipinski definition) is 0. The molecule has 0 atom stereocenters. The van der Waals surface area contributed by atoms with E-state index in [4.69, 9.17) is 4.52 Å². The molecule has 0 radical (unpaired) electrons. The molecular weight excluding hydrogens is 316 g/mol. The van der Waals surface area contributed by atoms with Crippen LogP contribution >= 0.6 is 0 Å². The lowest BCUT2D eigenvalue weighted by atomic mass is 10.0. The first kappa shape index (κ1) is 16.5. The number of likely N-dealkylation sites (N-methyl/N-ethyl adjacent to an activating group) is 1. The van der Waals surface area contributed by atoms with Crippen molar-refractivity contribution in [3.63, 3.8) is 0 Å². The van der Waals surface area contributed by atoms with Crippen LogP contribution in [-0.4, -0.2) is 59.1 Å². The molecule has 3 heterocycles. The van der Waals surface area contributed by atoms with Crippen LogP contribution in [0.3, 0.4) is 0 Å². The van der Waals surface area contributed by atoms with E-state index in [1.54, 1.807) is 0 Å². The third-order valence-corrected chi connectivity index (χ3v) is 5.27. The zero-order chi connectivity index (χ0) is 17.6. The van der Waals surface area contributed by atoms with Crippen LogP contribution in [0.15, 0.2) is 10.6 Å². The van der Waals surface area contributed by atoms with Crippen molar-refractivity contribution in [3.05, 3.63) is 23.0 Å². The predicted octanol–water partition coefficient (Wildman–Crippen LogP) is 3.00. The predicted molar refractivity (Wildman–Crippen MR) is 95.9 cm³/mol. The van der Waals surface area contributed by atoms with Gasteiger partial charge in [0.1, 0.15) is 0 Å². The molecule has 6 heteroatoms. The number of carbonyl (C=O) groups excluding carboxylic acids is 1. The summed E-state index contributed by atoms with van der Waals surface area (Å²) in [6.45, 7) is 7.65. The number of nitrogens with zero attached hydrogens (tertiary/aromatic N) is 4. The second kappa shape index (κ2) is 6.41. The molecule has 6 nitrogen and oxygen atoms in total. The molecule has 2 aromatic heterocycles. The molecule has 2 aliphatic rings. The number of amides is 1. The molecule has 0 N–H and O–H groups in total. The fourth-order valence-electron chi connectivity index (χ4n) is 3.56. The fourth-order valence-corrected chi connectivity index (χ4v) is 3.56. The summed E-state index contributed by atoms with van der Waals surface area (Å²) in [5, 5.41) is 5.03. The number of fused-ring (bicyclic) bond motifs is 1. The topological polar surface area (TPSA) is 62.5 Å². The number of rotatable bonds is 3. The lowest BCUT2D eigenvalue weighted by Gasteiger charge is -2.21. The van der Waals surface area contributed by atoms with Gasteiger partial charge in [-0.05, 0) is 44.8 Å². The van der Waals surface area contributed by atoms with Crippen molar-refractivity contribution >= 4 is 17.0 Å². The first-order valence-corrected chi connectivity index (χ1v) is 9.32. The average Bonchev–Trinajstić information content (AvgIpc) is 3.37. The molecular formula is C19H26N4O2. The fraction of sp³-hybridized carbons (Fsp3) is 0.632. The van der Waals surface area contributed by atoms with Gasteiger partial charge in [-0.2, -0.15) is 0 Å². The molecule has 0 bridgehead atoms. The molecule has 1 saturated heterocycles. The molecule has 1 saturated carbocycles. The maximum Gasteiger partial charge on any atom is 0.259 e. The van der Waals surface area contributed by atoms with E-state index >= 15 is 0 Å². The quantitative estimate of drug-likeness (QED) is 0.858. The van der Waals surface area contributed by atoms with Gasteiger partial charge in [-0.3, -0.25) is 4.79 Å². The van der Waals surface area contributed by atoms with Crippen molar-refractivity contribution in [2.75, 3.05) is 33.2 Å². The van der Waals surface area contributed by atoms with Crippen LogP contribution in [0, 0.1) is 0 Å². The third kappa shape index (κ3) is 3.15. The van der Waals surface area contributed by atoms with Gasteiger partial charge in [-0.25, -0.2) is 4.98 Å². The normalized spacial score (nSPS) is 19.6. The number of hydrogen-bond acceptors (Lipinski definition) is 5. The van der Waals surface area contributed by atoms with Crippen molar-refractivity contribution in [1.82, 2.24) is 19.9 Å². The highest BCUT2D eigenvalue weighted by Crippen LogP contribution is 2.41. The minimum absolute atomic E-state index is 0.0923. The third-order valence-electron chi connectivity index (χ3n) is 5.27. The van der Waals surface area contributed by atoms with Crippen LogP contribution < -0.4 is 0 Å². The van der Waals surface area contributed by atoms with E-state index < -0.39 is 0 Å². The maximum absolute atomic E-state index is 13.4. The Balaban J connectivity index is 1.77. The van der Waals surface area contributed by atoms with Crippen molar-refractivity contribution in [2.24, 2.45) is 0 Å². The lowest BCUT2D eigenvalue weighted by Crippen LogP contribution is -2.34. The van der Waals surface area contributed by atoms with E-state index in [1.165, 1.54) is 0 Å². The first-order valence-electron chi connectivity index (χ1n) is 9.32. The van der Waals surface area contributed by atoms with Crippen molar-refractivity contribution < 1.29 is 9.32 Å². The van der Waals surface area contributed by atoms with Gasteiger partial charge in [0, 0.05) is 31.2 Å². The van der Waals surface area contributed by atoms with Crippen LogP contribution in [0.4, 0.5) is 0 Å². The monoisotopic (exact) mass is 342 g/mol. The van der Waals surface area contributed by atoms with Crippen LogP contribution in [0.2, 0.25) is 0 Å². The number of aromatic nitrogens is 2. The average molecular weight is 342 g/mol. The molecule has 2 aromatic rings. The standard InChI is InChI=1S/C19H26N4O2/c1-12(2)17-16-14(19(24)23-8-4-7-22(3)9-10-23)11-15(13-5-6-13)20-18(16)25-21-17/h11-13H,4-10H2,1-3H3. The smallest absolute Gasteiger partial charge is 0.259 e. The second-order valence-electron chi connectivity index (χ2n) is 7.72. The Hall–Kier alpha value is -1.95. The summed E-state index contributed by atoms with van der Waals surface area (Å²) >= 11 is 0. The molecule has 134 valence electrons. The Bertz CT molecular complexity index is 794. The molecule has 1 amide bonds. The van der Waals surface area contributed by atoms with Gasteiger partial charge in [0.2, 0.25) is 0 Å². The van der Waals surface area contributed by atoms with Crippen LogP contribution in [0.5, 0.6) is 0 Å². The summed E-state index contributed by atoms with van der Waals surface area (Å²) in [7, 11) is 2.11. The van der Waals surface area contributed by atoms with Crippen molar-refractivity contribution in [1.29, 1.82) is 0 Å². The van der Waals surface area contributed by atoms with E-state index in [1.807, 2.05) is 11.0 Å². The Morgan fingerprint density at radius 2 is 2.04 bits per heavy atom. The van der Waals surface area contributed by atoms with Crippen molar-refractivity contribution in [2.45, 2.75) is 44.9 Å². The summed E-state index contributed by atoms with van der Waals surface area (Å²) in [5.41, 5.74) is 3.05. The minimum Gasteiger partial charge on any atom is -0.337 e. The first-order chi connectivity index (χ1) is 12.0. The van der Waals surface area contributed by atoms with E-state index in [2.05, 4.69) is 35.9 Å². The number of pyridine rings is 1. The van der Waals surface area contributed by atoms with Gasteiger partial charge in [0.05, 0.1) is 16.6 Å². The molecule has 0 aromatic carbocycles. The Kier molecular flexibility index (Phi) is 4.23. The SMILES string of the molecule is CC(C)c1noc2nc(C3CC3)cc(C(=O)N3CCCN(C)CC3)c12. The van der Waals surface area contributed by atoms with Crippen molar-refractivity contribution in [3.8, 4) is 0 Å². The summed E-state index contributed by atoms with van der Waals surface area (Å²) in [6, 6.07) is 2.00. The summed E-state index contributed by atoms with van der Waals surface area (Å²) in [4.78, 5) is 22.3. The van der Waals surface area contributed by atoms with Gasteiger partial charge in [-0.15, -0.1) is 0 Å². The van der Waals surface area contributed by atoms with Gasteiger partial charge in [-0.1, -0.05) is 19.0 Å². The number of carbonyl (C=O) groups is 1. The molecule has 1 aliphatic carbocycles. The zero-order valence-electron chi connectivity index (χ0n) is 15.3. The molecule has 0 unspecified atom stereocenters. The Morgan fingerprint density at radius 3 is 2.76 bits per heavy atom. The maximum atomic E-state index is 13.4. The van der Waals surface area contributed by atoms with Crippen LogP contribution in [-0.2, 0) is 0 Å². The van der Waals surface area contributed by atoms with Crippen LogP contribution in [0.25, 0.3) is 11.1 Å². The largest absolute Gasteiger partial charge is 0.337 e. The Morgan fingerprint density at radius 1 is 1.24 bits per heavy atom. The minimum atomic E-state index is 0.0923. The summed E-state index contributed by atoms with van der Waals surface area (Å²) in [5.74, 6) is 0.755. The highest BCUT2D eigenvalue weighted by molar-refractivity contribution is 6.06. The van der Waals surface area contributed by atoms with E-state index in [9.17, 15) is 4.79 Å². The van der Waals surface area contributed by atoms with Gasteiger partial charge in [0.15, 0.2) is 0 Å². The second-order valence-corrected chi connectivity index (χ2v) is 7.72. The van der Waals surface area contributed by atoms with Gasteiger partial charge in [0.25, 0.3) is 11.6 Å². The molecule has 1 aliphatic heterocycles.